The Hall–Kier alpha value is -1.95. The second-order valence-electron chi connectivity index (χ2n) is 3.98. The normalized spacial score (nSPS) is 10.3. The van der Waals surface area contributed by atoms with Crippen molar-refractivity contribution in [3.8, 4) is 0 Å². The molecule has 2 rings (SSSR count). The zero-order valence-electron chi connectivity index (χ0n) is 10.1. The molecule has 1 aromatic carbocycles. The van der Waals surface area contributed by atoms with Gasteiger partial charge in [0.1, 0.15) is 5.82 Å². The molecular weight excluding hydrogens is 250 g/mol. The van der Waals surface area contributed by atoms with E-state index in [1.807, 2.05) is 31.0 Å². The summed E-state index contributed by atoms with van der Waals surface area (Å²) in [6.45, 7) is 2.53. The summed E-state index contributed by atoms with van der Waals surface area (Å²) >= 11 is 1.36. The van der Waals surface area contributed by atoms with Crippen molar-refractivity contribution in [2.24, 2.45) is 0 Å². The smallest absolute Gasteiger partial charge is 0.335 e. The van der Waals surface area contributed by atoms with Crippen molar-refractivity contribution in [2.45, 2.75) is 13.5 Å². The predicted octanol–water partition coefficient (Wildman–Crippen LogP) is 2.18. The Morgan fingerprint density at radius 3 is 2.56 bits per heavy atom. The molecule has 1 N–H and O–H groups in total. The highest BCUT2D eigenvalue weighted by molar-refractivity contribution is 7.09. The van der Waals surface area contributed by atoms with Crippen LogP contribution < -0.4 is 4.90 Å². The number of rotatable bonds is 4. The molecule has 0 aliphatic rings. The van der Waals surface area contributed by atoms with Gasteiger partial charge in [-0.2, -0.15) is 4.37 Å². The SMILES string of the molecule is Cc1nsc(N(C)Cc2ccc(C(=O)O)cc2)n1. The van der Waals surface area contributed by atoms with Gasteiger partial charge in [-0.25, -0.2) is 9.78 Å². The van der Waals surface area contributed by atoms with Crippen LogP contribution in [0.25, 0.3) is 0 Å². The van der Waals surface area contributed by atoms with E-state index in [0.717, 1.165) is 16.5 Å². The van der Waals surface area contributed by atoms with Crippen LogP contribution >= 0.6 is 11.5 Å². The van der Waals surface area contributed by atoms with Crippen molar-refractivity contribution in [3.05, 3.63) is 41.2 Å². The van der Waals surface area contributed by atoms with E-state index in [9.17, 15) is 4.79 Å². The number of aromatic nitrogens is 2. The number of hydrogen-bond acceptors (Lipinski definition) is 5. The van der Waals surface area contributed by atoms with Crippen LogP contribution in [0.1, 0.15) is 21.7 Å². The lowest BCUT2D eigenvalue weighted by atomic mass is 10.1. The van der Waals surface area contributed by atoms with E-state index >= 15 is 0 Å². The van der Waals surface area contributed by atoms with Crippen LogP contribution in [0, 0.1) is 6.92 Å². The molecule has 0 aliphatic heterocycles. The highest BCUT2D eigenvalue weighted by atomic mass is 32.1. The zero-order chi connectivity index (χ0) is 13.1. The molecule has 0 amide bonds. The van der Waals surface area contributed by atoms with Crippen molar-refractivity contribution in [2.75, 3.05) is 11.9 Å². The van der Waals surface area contributed by atoms with Gasteiger partial charge in [-0.3, -0.25) is 0 Å². The Morgan fingerprint density at radius 2 is 2.06 bits per heavy atom. The van der Waals surface area contributed by atoms with E-state index in [1.54, 1.807) is 12.1 Å². The molecule has 0 bridgehead atoms. The maximum absolute atomic E-state index is 10.7. The summed E-state index contributed by atoms with van der Waals surface area (Å²) in [6.07, 6.45) is 0. The number of carboxylic acid groups (broad SMARTS) is 1. The van der Waals surface area contributed by atoms with Gasteiger partial charge in [0.2, 0.25) is 5.13 Å². The molecule has 94 valence electrons. The number of anilines is 1. The number of hydrogen-bond donors (Lipinski definition) is 1. The summed E-state index contributed by atoms with van der Waals surface area (Å²) in [5.41, 5.74) is 1.34. The molecule has 0 aliphatic carbocycles. The van der Waals surface area contributed by atoms with Crippen LogP contribution in [0.15, 0.2) is 24.3 Å². The van der Waals surface area contributed by atoms with Gasteiger partial charge in [0, 0.05) is 25.1 Å². The van der Waals surface area contributed by atoms with Crippen LogP contribution in [0.2, 0.25) is 0 Å². The van der Waals surface area contributed by atoms with Gasteiger partial charge in [-0.15, -0.1) is 0 Å². The third-order valence-electron chi connectivity index (χ3n) is 2.46. The summed E-state index contributed by atoms with van der Waals surface area (Å²) in [5, 5.41) is 9.67. The summed E-state index contributed by atoms with van der Waals surface area (Å²) < 4.78 is 4.13. The lowest BCUT2D eigenvalue weighted by molar-refractivity contribution is 0.0697. The van der Waals surface area contributed by atoms with Crippen molar-refractivity contribution >= 4 is 22.6 Å². The zero-order valence-corrected chi connectivity index (χ0v) is 10.9. The molecule has 0 atom stereocenters. The van der Waals surface area contributed by atoms with Crippen molar-refractivity contribution in [3.63, 3.8) is 0 Å². The van der Waals surface area contributed by atoms with E-state index in [4.69, 9.17) is 5.11 Å². The second kappa shape index (κ2) is 5.14. The number of nitrogens with zero attached hydrogens (tertiary/aromatic N) is 3. The first-order valence-electron chi connectivity index (χ1n) is 5.40. The van der Waals surface area contributed by atoms with Crippen molar-refractivity contribution in [1.29, 1.82) is 0 Å². The van der Waals surface area contributed by atoms with Crippen molar-refractivity contribution in [1.82, 2.24) is 9.36 Å². The standard InChI is InChI=1S/C12H13N3O2S/c1-8-13-12(18-14-8)15(2)7-9-3-5-10(6-4-9)11(16)17/h3-6H,7H2,1-2H3,(H,16,17). The van der Waals surface area contributed by atoms with Crippen LogP contribution in [0.3, 0.4) is 0 Å². The van der Waals surface area contributed by atoms with E-state index < -0.39 is 5.97 Å². The molecule has 1 heterocycles. The van der Waals surface area contributed by atoms with Gasteiger partial charge in [-0.05, 0) is 24.6 Å². The third-order valence-corrected chi connectivity index (χ3v) is 3.39. The monoisotopic (exact) mass is 263 g/mol. The molecule has 1 aromatic heterocycles. The summed E-state index contributed by atoms with van der Waals surface area (Å²) in [4.78, 5) is 17.0. The average Bonchev–Trinajstić information content (AvgIpc) is 2.76. The highest BCUT2D eigenvalue weighted by Gasteiger charge is 2.08. The van der Waals surface area contributed by atoms with Gasteiger partial charge in [0.15, 0.2) is 0 Å². The molecule has 6 heteroatoms. The molecule has 0 saturated carbocycles. The van der Waals surface area contributed by atoms with E-state index in [-0.39, 0.29) is 0 Å². The number of aromatic carboxylic acids is 1. The highest BCUT2D eigenvalue weighted by Crippen LogP contribution is 2.17. The Kier molecular flexibility index (Phi) is 3.57. The quantitative estimate of drug-likeness (QED) is 0.915. The molecule has 18 heavy (non-hydrogen) atoms. The fourth-order valence-electron chi connectivity index (χ4n) is 1.54. The summed E-state index contributed by atoms with van der Waals surface area (Å²) in [5.74, 6) is -0.141. The van der Waals surface area contributed by atoms with Gasteiger partial charge in [-0.1, -0.05) is 12.1 Å². The maximum atomic E-state index is 10.7. The van der Waals surface area contributed by atoms with Gasteiger partial charge in [0.05, 0.1) is 5.56 Å². The summed E-state index contributed by atoms with van der Waals surface area (Å²) in [7, 11) is 1.94. The van der Waals surface area contributed by atoms with E-state index in [0.29, 0.717) is 12.1 Å². The fourth-order valence-corrected chi connectivity index (χ4v) is 2.17. The first-order chi connectivity index (χ1) is 8.56. The first-order valence-corrected chi connectivity index (χ1v) is 6.17. The Bertz CT molecular complexity index is 551. The lowest BCUT2D eigenvalue weighted by Gasteiger charge is -2.15. The number of carboxylic acids is 1. The van der Waals surface area contributed by atoms with E-state index in [2.05, 4.69) is 9.36 Å². The van der Waals surface area contributed by atoms with E-state index in [1.165, 1.54) is 11.5 Å². The molecule has 0 saturated heterocycles. The van der Waals surface area contributed by atoms with Crippen LogP contribution in [0.4, 0.5) is 5.13 Å². The largest absolute Gasteiger partial charge is 0.478 e. The maximum Gasteiger partial charge on any atom is 0.335 e. The molecule has 0 spiro atoms. The molecule has 2 aromatic rings. The minimum atomic E-state index is -0.908. The molecule has 0 unspecified atom stereocenters. The van der Waals surface area contributed by atoms with Gasteiger partial charge >= 0.3 is 5.97 Å². The fraction of sp³-hybridized carbons (Fsp3) is 0.250. The van der Waals surface area contributed by atoms with Crippen LogP contribution in [0.5, 0.6) is 0 Å². The first kappa shape index (κ1) is 12.5. The average molecular weight is 263 g/mol. The molecule has 5 nitrogen and oxygen atoms in total. The van der Waals surface area contributed by atoms with Crippen LogP contribution in [-0.4, -0.2) is 27.5 Å². The number of carbonyl (C=O) groups is 1. The van der Waals surface area contributed by atoms with Gasteiger partial charge < -0.3 is 10.0 Å². The minimum Gasteiger partial charge on any atom is -0.478 e. The van der Waals surface area contributed by atoms with Crippen molar-refractivity contribution < 1.29 is 9.90 Å². The Labute approximate surface area is 109 Å². The van der Waals surface area contributed by atoms with Gasteiger partial charge in [0.25, 0.3) is 0 Å². The number of benzene rings is 1. The lowest BCUT2D eigenvalue weighted by Crippen LogP contribution is -2.16. The topological polar surface area (TPSA) is 66.3 Å². The Morgan fingerprint density at radius 1 is 1.39 bits per heavy atom. The molecule has 0 fully saturated rings. The van der Waals surface area contributed by atoms with Crippen LogP contribution in [-0.2, 0) is 6.54 Å². The minimum absolute atomic E-state index is 0.299. The third kappa shape index (κ3) is 2.84. The summed E-state index contributed by atoms with van der Waals surface area (Å²) in [6, 6.07) is 6.84. The molecule has 0 radical (unpaired) electrons. The Balaban J connectivity index is 2.07. The molecular formula is C12H13N3O2S. The predicted molar refractivity (Wildman–Crippen MR) is 70.2 cm³/mol. The second-order valence-corrected chi connectivity index (χ2v) is 4.71. The number of aryl methyl sites for hydroxylation is 1.